The van der Waals surface area contributed by atoms with Crippen LogP contribution in [0.5, 0.6) is 5.75 Å². The maximum absolute atomic E-state index is 5.91. The second-order valence-corrected chi connectivity index (χ2v) is 4.95. The van der Waals surface area contributed by atoms with Crippen LogP contribution in [0.4, 0.5) is 5.69 Å². The highest BCUT2D eigenvalue weighted by Gasteiger charge is 2.04. The van der Waals surface area contributed by atoms with Crippen LogP contribution >= 0.6 is 24.0 Å². The monoisotopic (exact) mass is 401 g/mol. The van der Waals surface area contributed by atoms with Gasteiger partial charge in [-0.1, -0.05) is 23.8 Å². The lowest BCUT2D eigenvalue weighted by Crippen LogP contribution is -2.23. The molecule has 0 aromatic heterocycles. The van der Waals surface area contributed by atoms with E-state index in [4.69, 9.17) is 10.5 Å². The Morgan fingerprint density at radius 1 is 1.33 bits per heavy atom. The first-order valence-electron chi connectivity index (χ1n) is 7.17. The summed E-state index contributed by atoms with van der Waals surface area (Å²) >= 11 is 0. The van der Waals surface area contributed by atoms with Crippen molar-refractivity contribution in [2.75, 3.05) is 19.0 Å². The third-order valence-electron chi connectivity index (χ3n) is 3.47. The Hall–Kier alpha value is -1.24. The minimum atomic E-state index is 0. The Kier molecular flexibility index (Phi) is 8.19. The molecule has 0 heterocycles. The third kappa shape index (κ3) is 5.95. The minimum Gasteiger partial charge on any atom is -0.495 e. The van der Waals surface area contributed by atoms with E-state index in [0.717, 1.165) is 24.4 Å². The van der Waals surface area contributed by atoms with Crippen LogP contribution in [0.25, 0.3) is 0 Å². The summed E-state index contributed by atoms with van der Waals surface area (Å²) in [5.74, 6) is 1.20. The molecule has 5 heteroatoms. The van der Waals surface area contributed by atoms with Crippen molar-refractivity contribution in [1.82, 2.24) is 0 Å². The molecule has 2 rings (SSSR count). The van der Waals surface area contributed by atoms with Gasteiger partial charge < -0.3 is 15.8 Å². The molecule has 116 valence electrons. The molecule has 0 bridgehead atoms. The van der Waals surface area contributed by atoms with Gasteiger partial charge in [-0.3, -0.25) is 4.99 Å². The van der Waals surface area contributed by atoms with E-state index in [1.807, 2.05) is 24.3 Å². The summed E-state index contributed by atoms with van der Waals surface area (Å²) in [4.78, 5) is 4.38. The highest BCUT2D eigenvalue weighted by Crippen LogP contribution is 2.23. The van der Waals surface area contributed by atoms with Gasteiger partial charge in [0.25, 0.3) is 0 Å². The SMILES string of the molecule is COc1ccccc1NC(N)=NCCC1=CCCCC1.I. The van der Waals surface area contributed by atoms with E-state index < -0.39 is 0 Å². The largest absolute Gasteiger partial charge is 0.495 e. The molecule has 0 fully saturated rings. The molecule has 0 unspecified atom stereocenters. The zero-order valence-electron chi connectivity index (χ0n) is 12.5. The number of aliphatic imine (C=N–C) groups is 1. The van der Waals surface area contributed by atoms with E-state index in [1.165, 1.54) is 31.3 Å². The quantitative estimate of drug-likeness (QED) is 0.340. The molecule has 0 saturated carbocycles. The Bertz CT molecular complexity index is 500. The molecule has 0 amide bonds. The van der Waals surface area contributed by atoms with Crippen LogP contribution in [0.3, 0.4) is 0 Å². The summed E-state index contributed by atoms with van der Waals surface area (Å²) in [5.41, 5.74) is 8.27. The van der Waals surface area contributed by atoms with Crippen molar-refractivity contribution in [3.8, 4) is 5.75 Å². The molecule has 1 aromatic rings. The van der Waals surface area contributed by atoms with Crippen molar-refractivity contribution < 1.29 is 4.74 Å². The van der Waals surface area contributed by atoms with Gasteiger partial charge in [-0.25, -0.2) is 0 Å². The van der Waals surface area contributed by atoms with Gasteiger partial charge in [0.2, 0.25) is 0 Å². The van der Waals surface area contributed by atoms with Crippen LogP contribution in [0, 0.1) is 0 Å². The number of allylic oxidation sites excluding steroid dienone is 1. The number of halogens is 1. The highest BCUT2D eigenvalue weighted by molar-refractivity contribution is 14.0. The van der Waals surface area contributed by atoms with E-state index in [0.29, 0.717) is 5.96 Å². The summed E-state index contributed by atoms with van der Waals surface area (Å²) < 4.78 is 5.26. The molecule has 21 heavy (non-hydrogen) atoms. The number of hydrogen-bond donors (Lipinski definition) is 2. The van der Waals surface area contributed by atoms with Crippen molar-refractivity contribution in [1.29, 1.82) is 0 Å². The maximum Gasteiger partial charge on any atom is 0.193 e. The lowest BCUT2D eigenvalue weighted by atomic mass is 9.97. The van der Waals surface area contributed by atoms with Gasteiger partial charge in [0.05, 0.1) is 12.8 Å². The molecule has 1 aromatic carbocycles. The average Bonchev–Trinajstić information content (AvgIpc) is 2.49. The smallest absolute Gasteiger partial charge is 0.193 e. The zero-order chi connectivity index (χ0) is 14.2. The fraction of sp³-hybridized carbons (Fsp3) is 0.438. The van der Waals surface area contributed by atoms with Crippen LogP contribution in [0.15, 0.2) is 40.9 Å². The number of hydrogen-bond acceptors (Lipinski definition) is 2. The number of ether oxygens (including phenoxy) is 1. The van der Waals surface area contributed by atoms with Gasteiger partial charge in [-0.05, 0) is 44.2 Å². The predicted molar refractivity (Wildman–Crippen MR) is 99.7 cm³/mol. The van der Waals surface area contributed by atoms with Crippen molar-refractivity contribution in [3.05, 3.63) is 35.9 Å². The molecular weight excluding hydrogens is 377 g/mol. The Labute approximate surface area is 143 Å². The number of guanidine groups is 1. The molecule has 0 aliphatic heterocycles. The molecular formula is C16H24IN3O. The molecule has 1 aliphatic rings. The van der Waals surface area contributed by atoms with E-state index in [-0.39, 0.29) is 24.0 Å². The second kappa shape index (κ2) is 9.65. The van der Waals surface area contributed by atoms with Crippen LogP contribution < -0.4 is 15.8 Å². The first kappa shape index (κ1) is 17.8. The number of nitrogens with two attached hydrogens (primary N) is 1. The van der Waals surface area contributed by atoms with Gasteiger partial charge in [-0.15, -0.1) is 24.0 Å². The topological polar surface area (TPSA) is 59.6 Å². The van der Waals surface area contributed by atoms with Crippen LogP contribution in [0.1, 0.15) is 32.1 Å². The van der Waals surface area contributed by atoms with Crippen LogP contribution in [0.2, 0.25) is 0 Å². The summed E-state index contributed by atoms with van der Waals surface area (Å²) in [6, 6.07) is 7.67. The number of methoxy groups -OCH3 is 1. The number of benzene rings is 1. The van der Waals surface area contributed by atoms with Crippen molar-refractivity contribution in [3.63, 3.8) is 0 Å². The lowest BCUT2D eigenvalue weighted by molar-refractivity contribution is 0.417. The van der Waals surface area contributed by atoms with Gasteiger partial charge in [0.1, 0.15) is 5.75 Å². The molecule has 3 N–H and O–H groups in total. The Balaban J connectivity index is 0.00000220. The van der Waals surface area contributed by atoms with Gasteiger partial charge in [-0.2, -0.15) is 0 Å². The first-order chi connectivity index (χ1) is 9.79. The number of para-hydroxylation sites is 2. The van der Waals surface area contributed by atoms with Crippen molar-refractivity contribution in [2.45, 2.75) is 32.1 Å². The van der Waals surface area contributed by atoms with Crippen molar-refractivity contribution in [2.24, 2.45) is 10.7 Å². The highest BCUT2D eigenvalue weighted by atomic mass is 127. The Morgan fingerprint density at radius 2 is 2.14 bits per heavy atom. The van der Waals surface area contributed by atoms with Gasteiger partial charge >= 0.3 is 0 Å². The third-order valence-corrected chi connectivity index (χ3v) is 3.47. The van der Waals surface area contributed by atoms with Gasteiger partial charge in [0.15, 0.2) is 5.96 Å². The number of anilines is 1. The number of rotatable bonds is 5. The average molecular weight is 401 g/mol. The molecule has 0 spiro atoms. The first-order valence-corrected chi connectivity index (χ1v) is 7.17. The predicted octanol–water partition coefficient (Wildman–Crippen LogP) is 3.93. The fourth-order valence-corrected chi connectivity index (χ4v) is 2.38. The number of nitrogens with one attached hydrogen (secondary N) is 1. The number of nitrogens with zero attached hydrogens (tertiary/aromatic N) is 1. The Morgan fingerprint density at radius 3 is 2.86 bits per heavy atom. The van der Waals surface area contributed by atoms with E-state index in [1.54, 1.807) is 7.11 Å². The van der Waals surface area contributed by atoms with Crippen molar-refractivity contribution >= 4 is 35.6 Å². The normalized spacial score (nSPS) is 14.9. The second-order valence-electron chi connectivity index (χ2n) is 4.95. The van der Waals surface area contributed by atoms with E-state index in [2.05, 4.69) is 16.4 Å². The minimum absolute atomic E-state index is 0. The summed E-state index contributed by atoms with van der Waals surface area (Å²) in [7, 11) is 1.64. The fourth-order valence-electron chi connectivity index (χ4n) is 2.38. The summed E-state index contributed by atoms with van der Waals surface area (Å²) in [6.07, 6.45) is 8.43. The maximum atomic E-state index is 5.91. The molecule has 4 nitrogen and oxygen atoms in total. The summed E-state index contributed by atoms with van der Waals surface area (Å²) in [6.45, 7) is 0.736. The molecule has 1 aliphatic carbocycles. The van der Waals surface area contributed by atoms with E-state index in [9.17, 15) is 0 Å². The van der Waals surface area contributed by atoms with Crippen LogP contribution in [-0.2, 0) is 0 Å². The van der Waals surface area contributed by atoms with Gasteiger partial charge in [0, 0.05) is 6.54 Å². The summed E-state index contributed by atoms with van der Waals surface area (Å²) in [5, 5.41) is 3.08. The van der Waals surface area contributed by atoms with Crippen LogP contribution in [-0.4, -0.2) is 19.6 Å². The lowest BCUT2D eigenvalue weighted by Gasteiger charge is -2.12. The standard InChI is InChI=1S/C16H23N3O.HI/c1-20-15-10-6-5-9-14(15)19-16(17)18-12-11-13-7-3-2-4-8-13;/h5-7,9-10H,2-4,8,11-12H2,1H3,(H3,17,18,19);1H. The molecule has 0 atom stereocenters. The van der Waals surface area contributed by atoms with E-state index >= 15 is 0 Å². The zero-order valence-corrected chi connectivity index (χ0v) is 14.8. The molecule has 0 saturated heterocycles. The molecule has 0 radical (unpaired) electrons.